The van der Waals surface area contributed by atoms with Crippen molar-refractivity contribution in [2.75, 3.05) is 42.6 Å². The van der Waals surface area contributed by atoms with Crippen molar-refractivity contribution in [3.8, 4) is 0 Å². The van der Waals surface area contributed by atoms with E-state index in [-0.39, 0.29) is 18.1 Å². The van der Waals surface area contributed by atoms with Crippen LogP contribution in [-0.2, 0) is 0 Å². The minimum Gasteiger partial charge on any atom is -0.477 e. The van der Waals surface area contributed by atoms with E-state index in [0.29, 0.717) is 43.6 Å². The van der Waals surface area contributed by atoms with E-state index >= 15 is 0 Å². The van der Waals surface area contributed by atoms with E-state index in [1.54, 1.807) is 25.1 Å². The third kappa shape index (κ3) is 15.6. The Balaban J connectivity index is 0.000000235. The third-order valence-electron chi connectivity index (χ3n) is 9.95. The number of nitrogens with zero attached hydrogens (tertiary/aromatic N) is 12. The lowest BCUT2D eigenvalue weighted by Gasteiger charge is -2.20. The summed E-state index contributed by atoms with van der Waals surface area (Å²) in [6, 6.07) is 34.2. The second kappa shape index (κ2) is 27.4. The maximum absolute atomic E-state index is 11.5. The molecule has 20 heteroatoms. The Bertz CT molecular complexity index is 2740. The largest absolute Gasteiger partial charge is 0.477 e. The normalized spacial score (nSPS) is 11.3. The fourth-order valence-corrected chi connectivity index (χ4v) is 10.0. The molecule has 0 aliphatic carbocycles. The second-order valence-corrected chi connectivity index (χ2v) is 18.8. The van der Waals surface area contributed by atoms with Crippen LogP contribution in [0, 0.1) is 0 Å². The van der Waals surface area contributed by atoms with Gasteiger partial charge in [0.25, 0.3) is 0 Å². The number of unbranched alkanes of at least 4 members (excludes halogenated alkanes) is 1. The van der Waals surface area contributed by atoms with Crippen molar-refractivity contribution < 1.29 is 19.8 Å². The number of carboxylic acids is 1. The Hall–Kier alpha value is -6.84. The lowest BCUT2D eigenvalue weighted by Crippen LogP contribution is -2.21. The maximum atomic E-state index is 11.5. The Morgan fingerprint density at radius 2 is 0.814 bits per heavy atom. The zero-order chi connectivity index (χ0) is 49.1. The predicted octanol–water partition coefficient (Wildman–Crippen LogP) is 17.4. The van der Waals surface area contributed by atoms with Crippen LogP contribution in [0.15, 0.2) is 150 Å². The molecule has 0 fully saturated rings. The molecule has 0 aliphatic rings. The molecule has 8 aromatic rings. The monoisotopic (exact) mass is 1020 g/mol. The highest BCUT2D eigenvalue weighted by atomic mass is 32.1. The molecule has 0 spiro atoms. The molecule has 0 aliphatic heterocycles. The standard InChI is InChI=1S/C23H22N6OS2.C22H20N6O2S2.C4H10O.CH4/c1-4-29(5-2)19-12-10-18(11-13-19)26-25-16-6-8-17(9-7-16)27-28-23-24-22-21(32-23)14-20(31-22)15(3)30;1-3-28(4-2)17-11-9-16(10-12-17)25-24-14-5-7-15(8-6-14)26-27-22-23-20-18(32-22)13-19(31-20)21(29)30;1-2-3-4-5;/h6-14H,4-5H2,1-3H3;5-13H,3-4H2,1-2H3,(H,29,30);5H,2-4H2,1H3;1H4. The van der Waals surface area contributed by atoms with Crippen molar-refractivity contribution in [3.63, 3.8) is 0 Å². The molecular formula is C50H56N12O4S4. The maximum Gasteiger partial charge on any atom is 0.345 e. The highest BCUT2D eigenvalue weighted by Crippen LogP contribution is 2.37. The number of benzene rings is 4. The van der Waals surface area contributed by atoms with Crippen LogP contribution in [0.25, 0.3) is 19.1 Å². The quantitative estimate of drug-likeness (QED) is 0.0623. The second-order valence-electron chi connectivity index (χ2n) is 14.7. The summed E-state index contributed by atoms with van der Waals surface area (Å²) in [5.74, 6) is -0.894. The number of carboxylic acid groups (broad SMARTS) is 1. The summed E-state index contributed by atoms with van der Waals surface area (Å²) in [4.78, 5) is 38.2. The first-order valence-corrected chi connectivity index (χ1v) is 25.5. The average Bonchev–Trinajstić information content (AvgIpc) is 4.16. The summed E-state index contributed by atoms with van der Waals surface area (Å²) in [5.41, 5.74) is 6.78. The number of aromatic carboxylic acids is 1. The molecule has 0 saturated carbocycles. The number of carbonyl (C=O) groups excluding carboxylic acids is 1. The topological polar surface area (TPSA) is 206 Å². The van der Waals surface area contributed by atoms with Gasteiger partial charge in [0.1, 0.15) is 14.5 Å². The molecular weight excluding hydrogens is 961 g/mol. The van der Waals surface area contributed by atoms with Crippen LogP contribution in [0.5, 0.6) is 0 Å². The van der Waals surface area contributed by atoms with Crippen LogP contribution in [0.1, 0.15) is 81.2 Å². The number of thiophene rings is 2. The zero-order valence-electron chi connectivity index (χ0n) is 39.1. The van der Waals surface area contributed by atoms with Crippen LogP contribution >= 0.6 is 45.3 Å². The van der Waals surface area contributed by atoms with Crippen molar-refractivity contribution in [1.29, 1.82) is 0 Å². The first-order valence-electron chi connectivity index (χ1n) is 22.3. The summed E-state index contributed by atoms with van der Waals surface area (Å²) in [6.45, 7) is 16.4. The van der Waals surface area contributed by atoms with Gasteiger partial charge < -0.3 is 20.0 Å². The van der Waals surface area contributed by atoms with Crippen LogP contribution in [0.2, 0.25) is 0 Å². The lowest BCUT2D eigenvalue weighted by molar-refractivity contribution is 0.0702. The first-order chi connectivity index (χ1) is 33.5. The molecule has 0 atom stereocenters. The highest BCUT2D eigenvalue weighted by molar-refractivity contribution is 7.30. The number of Topliss-reactive ketones (excluding diaryl/α,β-unsaturated/α-hetero) is 1. The SMILES string of the molecule is C.CCCCO.CCN(CC)c1ccc(N=Nc2ccc(N=Nc3nc4sc(C(=O)O)cc4s3)cc2)cc1.CCN(CC)c1ccc(N=Nc2ccc(N=Nc3nc4sc(C(C)=O)cc4s3)cc2)cc1. The molecule has 4 aromatic carbocycles. The minimum absolute atomic E-state index is 0. The van der Waals surface area contributed by atoms with Gasteiger partial charge in [0.05, 0.1) is 48.4 Å². The molecule has 4 aromatic heterocycles. The summed E-state index contributed by atoms with van der Waals surface area (Å²) in [5, 5.41) is 52.1. The van der Waals surface area contributed by atoms with Crippen LogP contribution in [0.3, 0.4) is 0 Å². The van der Waals surface area contributed by atoms with E-state index < -0.39 is 5.97 Å². The van der Waals surface area contributed by atoms with Crippen molar-refractivity contribution in [3.05, 3.63) is 119 Å². The van der Waals surface area contributed by atoms with Gasteiger partial charge in [-0.1, -0.05) is 43.4 Å². The highest BCUT2D eigenvalue weighted by Gasteiger charge is 2.13. The van der Waals surface area contributed by atoms with Gasteiger partial charge in [0.15, 0.2) is 5.78 Å². The van der Waals surface area contributed by atoms with Crippen molar-refractivity contribution in [1.82, 2.24) is 9.97 Å². The van der Waals surface area contributed by atoms with Crippen LogP contribution in [0.4, 0.5) is 55.8 Å². The molecule has 4 heterocycles. The fraction of sp³-hybridized carbons (Fsp3) is 0.280. The number of azo groups is 4. The van der Waals surface area contributed by atoms with Gasteiger partial charge in [-0.3, -0.25) is 4.79 Å². The Morgan fingerprint density at radius 3 is 1.09 bits per heavy atom. The number of anilines is 2. The van der Waals surface area contributed by atoms with Gasteiger partial charge in [-0.05, 0) is 150 Å². The Morgan fingerprint density at radius 1 is 0.500 bits per heavy atom. The number of carbonyl (C=O) groups is 2. The van der Waals surface area contributed by atoms with E-state index in [4.69, 9.17) is 10.2 Å². The van der Waals surface area contributed by atoms with Gasteiger partial charge in [-0.15, -0.1) is 43.1 Å². The molecule has 8 rings (SSSR count). The predicted molar refractivity (Wildman–Crippen MR) is 290 cm³/mol. The van der Waals surface area contributed by atoms with Crippen molar-refractivity contribution in [2.45, 2.75) is 61.8 Å². The van der Waals surface area contributed by atoms with Gasteiger partial charge in [-0.2, -0.15) is 20.5 Å². The van der Waals surface area contributed by atoms with Crippen LogP contribution in [-0.4, -0.2) is 64.7 Å². The molecule has 0 unspecified atom stereocenters. The molecule has 0 amide bonds. The summed E-state index contributed by atoms with van der Waals surface area (Å²) in [7, 11) is 0. The zero-order valence-corrected chi connectivity index (χ0v) is 42.3. The molecule has 16 nitrogen and oxygen atoms in total. The molecule has 2 N–H and O–H groups in total. The van der Waals surface area contributed by atoms with Crippen molar-refractivity contribution >= 4 is 132 Å². The lowest BCUT2D eigenvalue weighted by atomic mass is 10.2. The summed E-state index contributed by atoms with van der Waals surface area (Å²) in [6.07, 6.45) is 2.04. The van der Waals surface area contributed by atoms with E-state index in [0.717, 1.165) is 81.6 Å². The van der Waals surface area contributed by atoms with E-state index in [9.17, 15) is 9.59 Å². The van der Waals surface area contributed by atoms with Gasteiger partial charge in [0, 0.05) is 44.2 Å². The molecule has 364 valence electrons. The summed E-state index contributed by atoms with van der Waals surface area (Å²) < 4.78 is 1.75. The Kier molecular flexibility index (Phi) is 21.2. The number of ketones is 1. The van der Waals surface area contributed by atoms with Crippen LogP contribution < -0.4 is 9.80 Å². The smallest absolute Gasteiger partial charge is 0.345 e. The van der Waals surface area contributed by atoms with E-state index in [1.165, 1.54) is 45.4 Å². The van der Waals surface area contributed by atoms with E-state index in [1.807, 2.05) is 66.7 Å². The molecule has 0 bridgehead atoms. The molecule has 0 radical (unpaired) electrons. The fourth-order valence-electron chi connectivity index (χ4n) is 6.21. The number of hydrogen-bond acceptors (Lipinski definition) is 19. The number of hydrogen-bond donors (Lipinski definition) is 2. The Labute approximate surface area is 423 Å². The van der Waals surface area contributed by atoms with Gasteiger partial charge >= 0.3 is 5.97 Å². The number of rotatable bonds is 18. The van der Waals surface area contributed by atoms with E-state index in [2.05, 4.69) is 120 Å². The number of aliphatic hydroxyl groups is 1. The molecule has 70 heavy (non-hydrogen) atoms. The van der Waals surface area contributed by atoms with Crippen molar-refractivity contribution in [2.24, 2.45) is 40.9 Å². The average molecular weight is 1020 g/mol. The van der Waals surface area contributed by atoms with Gasteiger partial charge in [-0.25, -0.2) is 14.8 Å². The number of aromatic nitrogens is 2. The third-order valence-corrected chi connectivity index (χ3v) is 14.1. The first kappa shape index (κ1) is 54.1. The number of thiazole rings is 2. The number of aliphatic hydroxyl groups excluding tert-OH is 1. The summed E-state index contributed by atoms with van der Waals surface area (Å²) >= 11 is 5.24. The minimum atomic E-state index is -0.947. The number of fused-ring (bicyclic) bond motifs is 2. The van der Waals surface area contributed by atoms with Gasteiger partial charge in [0.2, 0.25) is 10.3 Å². The molecule has 0 saturated heterocycles.